The minimum Gasteiger partial charge on any atom is -0.507 e. The van der Waals surface area contributed by atoms with Gasteiger partial charge in [0.1, 0.15) is 5.76 Å². The summed E-state index contributed by atoms with van der Waals surface area (Å²) in [5.74, 6) is -1.83. The molecule has 0 aliphatic carbocycles. The standard InChI is InChI=1S/C17H15NO3/c1-12-7-5-6-10-14(12)18-17(21)16(20)11-15(19)13-8-3-2-4-9-13/h2-11,19H,1H3,(H,18,21)/b15-11+. The number of ketones is 1. The maximum absolute atomic E-state index is 11.8. The van der Waals surface area contributed by atoms with Gasteiger partial charge in [0.05, 0.1) is 0 Å². The Hall–Kier alpha value is -2.88. The zero-order valence-electron chi connectivity index (χ0n) is 11.5. The van der Waals surface area contributed by atoms with Crippen LogP contribution in [-0.4, -0.2) is 16.8 Å². The number of amides is 1. The fourth-order valence-corrected chi connectivity index (χ4v) is 1.78. The molecule has 2 rings (SSSR count). The number of hydrogen-bond acceptors (Lipinski definition) is 3. The van der Waals surface area contributed by atoms with Crippen LogP contribution in [0.4, 0.5) is 5.69 Å². The molecule has 0 saturated carbocycles. The molecule has 0 heterocycles. The first-order chi connectivity index (χ1) is 10.1. The van der Waals surface area contributed by atoms with Crippen LogP contribution in [0, 0.1) is 6.92 Å². The van der Waals surface area contributed by atoms with E-state index in [0.29, 0.717) is 11.3 Å². The van der Waals surface area contributed by atoms with Gasteiger partial charge < -0.3 is 10.4 Å². The van der Waals surface area contributed by atoms with Gasteiger partial charge >= 0.3 is 0 Å². The van der Waals surface area contributed by atoms with Crippen molar-refractivity contribution in [2.75, 3.05) is 5.32 Å². The maximum atomic E-state index is 11.8. The second-order valence-corrected chi connectivity index (χ2v) is 4.53. The Morgan fingerprint density at radius 2 is 1.62 bits per heavy atom. The number of rotatable bonds is 4. The zero-order chi connectivity index (χ0) is 15.2. The quantitative estimate of drug-likeness (QED) is 0.514. The van der Waals surface area contributed by atoms with Crippen LogP contribution in [0.3, 0.4) is 0 Å². The van der Waals surface area contributed by atoms with Crippen LogP contribution < -0.4 is 5.32 Å². The van der Waals surface area contributed by atoms with Crippen LogP contribution in [0.2, 0.25) is 0 Å². The summed E-state index contributed by atoms with van der Waals surface area (Å²) in [4.78, 5) is 23.6. The molecule has 0 radical (unpaired) electrons. The lowest BCUT2D eigenvalue weighted by atomic mass is 10.1. The molecule has 1 amide bonds. The van der Waals surface area contributed by atoms with Crippen LogP contribution >= 0.6 is 0 Å². The Kier molecular flexibility index (Phi) is 4.51. The summed E-state index contributed by atoms with van der Waals surface area (Å²) >= 11 is 0. The third kappa shape index (κ3) is 3.79. The largest absolute Gasteiger partial charge is 0.507 e. The summed E-state index contributed by atoms with van der Waals surface area (Å²) in [6.07, 6.45) is 0.920. The predicted molar refractivity (Wildman–Crippen MR) is 81.9 cm³/mol. The molecule has 0 aromatic heterocycles. The molecule has 4 nitrogen and oxygen atoms in total. The Morgan fingerprint density at radius 1 is 1.00 bits per heavy atom. The summed E-state index contributed by atoms with van der Waals surface area (Å²) < 4.78 is 0. The molecule has 21 heavy (non-hydrogen) atoms. The topological polar surface area (TPSA) is 66.4 Å². The normalized spacial score (nSPS) is 11.0. The number of aliphatic hydroxyl groups excluding tert-OH is 1. The molecule has 0 saturated heterocycles. The summed E-state index contributed by atoms with van der Waals surface area (Å²) in [6.45, 7) is 1.83. The Labute approximate surface area is 122 Å². The van der Waals surface area contributed by atoms with Crippen molar-refractivity contribution < 1.29 is 14.7 Å². The summed E-state index contributed by atoms with van der Waals surface area (Å²) in [7, 11) is 0. The maximum Gasteiger partial charge on any atom is 0.296 e. The first-order valence-electron chi connectivity index (χ1n) is 6.45. The van der Waals surface area contributed by atoms with E-state index in [9.17, 15) is 14.7 Å². The van der Waals surface area contributed by atoms with Crippen LogP contribution in [0.15, 0.2) is 60.7 Å². The average molecular weight is 281 g/mol. The number of para-hydroxylation sites is 1. The van der Waals surface area contributed by atoms with Crippen molar-refractivity contribution >= 4 is 23.1 Å². The van der Waals surface area contributed by atoms with Gasteiger partial charge in [-0.25, -0.2) is 0 Å². The SMILES string of the molecule is Cc1ccccc1NC(=O)C(=O)/C=C(/O)c1ccccc1. The molecule has 2 aromatic carbocycles. The molecule has 0 aliphatic heterocycles. The van der Waals surface area contributed by atoms with Crippen molar-refractivity contribution in [3.8, 4) is 0 Å². The highest BCUT2D eigenvalue weighted by Gasteiger charge is 2.13. The van der Waals surface area contributed by atoms with Gasteiger partial charge in [0.15, 0.2) is 0 Å². The molecule has 0 spiro atoms. The van der Waals surface area contributed by atoms with Crippen molar-refractivity contribution in [2.24, 2.45) is 0 Å². The average Bonchev–Trinajstić information content (AvgIpc) is 2.50. The molecular weight excluding hydrogens is 266 g/mol. The first kappa shape index (κ1) is 14.5. The predicted octanol–water partition coefficient (Wildman–Crippen LogP) is 3.10. The van der Waals surface area contributed by atoms with Crippen LogP contribution in [-0.2, 0) is 9.59 Å². The number of anilines is 1. The molecule has 4 heteroatoms. The van der Waals surface area contributed by atoms with E-state index in [2.05, 4.69) is 5.32 Å². The van der Waals surface area contributed by atoms with E-state index < -0.39 is 11.7 Å². The van der Waals surface area contributed by atoms with E-state index in [4.69, 9.17) is 0 Å². The van der Waals surface area contributed by atoms with Crippen molar-refractivity contribution in [3.05, 3.63) is 71.8 Å². The van der Waals surface area contributed by atoms with E-state index in [-0.39, 0.29) is 5.76 Å². The van der Waals surface area contributed by atoms with E-state index in [1.165, 1.54) is 0 Å². The highest BCUT2D eigenvalue weighted by molar-refractivity contribution is 6.45. The lowest BCUT2D eigenvalue weighted by Crippen LogP contribution is -2.21. The van der Waals surface area contributed by atoms with Gasteiger partial charge in [-0.05, 0) is 18.6 Å². The van der Waals surface area contributed by atoms with Gasteiger partial charge in [-0.2, -0.15) is 0 Å². The monoisotopic (exact) mass is 281 g/mol. The third-order valence-corrected chi connectivity index (χ3v) is 2.95. The fourth-order valence-electron chi connectivity index (χ4n) is 1.78. The molecule has 0 bridgehead atoms. The molecule has 0 fully saturated rings. The highest BCUT2D eigenvalue weighted by atomic mass is 16.3. The molecule has 0 atom stereocenters. The molecule has 0 aliphatic rings. The Morgan fingerprint density at radius 3 is 2.29 bits per heavy atom. The van der Waals surface area contributed by atoms with E-state index >= 15 is 0 Å². The number of aryl methyl sites for hydroxylation is 1. The van der Waals surface area contributed by atoms with Crippen molar-refractivity contribution in [1.29, 1.82) is 0 Å². The highest BCUT2D eigenvalue weighted by Crippen LogP contribution is 2.14. The minimum absolute atomic E-state index is 0.236. The summed E-state index contributed by atoms with van der Waals surface area (Å²) in [5, 5.41) is 12.3. The van der Waals surface area contributed by atoms with Gasteiger partial charge in [-0.1, -0.05) is 48.5 Å². The zero-order valence-corrected chi connectivity index (χ0v) is 11.5. The summed E-state index contributed by atoms with van der Waals surface area (Å²) in [5.41, 5.74) is 1.91. The van der Waals surface area contributed by atoms with Crippen molar-refractivity contribution in [3.63, 3.8) is 0 Å². The number of carbonyl (C=O) groups excluding carboxylic acids is 2. The van der Waals surface area contributed by atoms with E-state index in [1.807, 2.05) is 19.1 Å². The lowest BCUT2D eigenvalue weighted by molar-refractivity contribution is -0.131. The molecule has 2 N–H and O–H groups in total. The molecule has 2 aromatic rings. The summed E-state index contributed by atoms with van der Waals surface area (Å²) in [6, 6.07) is 15.7. The number of nitrogens with one attached hydrogen (secondary N) is 1. The van der Waals surface area contributed by atoms with Gasteiger partial charge in [0, 0.05) is 17.3 Å². The minimum atomic E-state index is -0.806. The Balaban J connectivity index is 2.10. The van der Waals surface area contributed by atoms with E-state index in [0.717, 1.165) is 11.6 Å². The van der Waals surface area contributed by atoms with E-state index in [1.54, 1.807) is 42.5 Å². The lowest BCUT2D eigenvalue weighted by Gasteiger charge is -2.06. The fraction of sp³-hybridized carbons (Fsp3) is 0.0588. The van der Waals surface area contributed by atoms with Crippen molar-refractivity contribution in [1.82, 2.24) is 0 Å². The molecular formula is C17H15NO3. The third-order valence-electron chi connectivity index (χ3n) is 2.95. The van der Waals surface area contributed by atoms with Crippen LogP contribution in [0.25, 0.3) is 5.76 Å². The first-order valence-corrected chi connectivity index (χ1v) is 6.45. The van der Waals surface area contributed by atoms with Crippen LogP contribution in [0.5, 0.6) is 0 Å². The number of hydrogen-bond donors (Lipinski definition) is 2. The van der Waals surface area contributed by atoms with Gasteiger partial charge in [0.2, 0.25) is 5.78 Å². The Bertz CT molecular complexity index is 690. The van der Waals surface area contributed by atoms with Gasteiger partial charge in [-0.15, -0.1) is 0 Å². The number of carbonyl (C=O) groups is 2. The smallest absolute Gasteiger partial charge is 0.296 e. The molecule has 106 valence electrons. The number of benzene rings is 2. The molecule has 0 unspecified atom stereocenters. The van der Waals surface area contributed by atoms with Crippen LogP contribution in [0.1, 0.15) is 11.1 Å². The number of aliphatic hydroxyl groups is 1. The van der Waals surface area contributed by atoms with Gasteiger partial charge in [-0.3, -0.25) is 9.59 Å². The second kappa shape index (κ2) is 6.52. The van der Waals surface area contributed by atoms with Crippen molar-refractivity contribution in [2.45, 2.75) is 6.92 Å². The second-order valence-electron chi connectivity index (χ2n) is 4.53. The van der Waals surface area contributed by atoms with Gasteiger partial charge in [0.25, 0.3) is 5.91 Å².